The molecule has 1 aliphatic heterocycles. The van der Waals surface area contributed by atoms with Gasteiger partial charge in [0.25, 0.3) is 5.91 Å². The molecule has 8 nitrogen and oxygen atoms in total. The Morgan fingerprint density at radius 3 is 2.72 bits per heavy atom. The van der Waals surface area contributed by atoms with E-state index in [0.717, 1.165) is 12.1 Å². The van der Waals surface area contributed by atoms with Crippen molar-refractivity contribution < 1.29 is 9.59 Å². The minimum Gasteiger partial charge on any atom is -0.343 e. The van der Waals surface area contributed by atoms with Gasteiger partial charge in [-0.15, -0.1) is 0 Å². The molecule has 0 atom stereocenters. The zero-order chi connectivity index (χ0) is 17.8. The van der Waals surface area contributed by atoms with Crippen molar-refractivity contribution in [2.45, 2.75) is 6.42 Å². The topological polar surface area (TPSA) is 91.3 Å². The third-order valence-electron chi connectivity index (χ3n) is 3.84. The maximum absolute atomic E-state index is 11.8. The molecule has 3 amide bonds. The van der Waals surface area contributed by atoms with Crippen molar-refractivity contribution in [3.63, 3.8) is 0 Å². The Hall–Kier alpha value is -3.29. The van der Waals surface area contributed by atoms with Gasteiger partial charge in [0, 0.05) is 45.1 Å². The molecule has 3 heterocycles. The molecule has 25 heavy (non-hydrogen) atoms. The molecule has 0 bridgehead atoms. The van der Waals surface area contributed by atoms with Gasteiger partial charge in [-0.2, -0.15) is 0 Å². The Labute approximate surface area is 145 Å². The molecule has 0 aliphatic carbocycles. The van der Waals surface area contributed by atoms with Crippen LogP contribution in [0.1, 0.15) is 11.4 Å². The average Bonchev–Trinajstić information content (AvgIpc) is 2.87. The monoisotopic (exact) mass is 338 g/mol. The zero-order valence-corrected chi connectivity index (χ0v) is 14.0. The van der Waals surface area contributed by atoms with E-state index < -0.39 is 11.9 Å². The van der Waals surface area contributed by atoms with Crippen molar-refractivity contribution in [1.82, 2.24) is 25.2 Å². The van der Waals surface area contributed by atoms with Crippen LogP contribution < -0.4 is 10.2 Å². The molecule has 3 rings (SSSR count). The number of anilines is 1. The number of rotatable bonds is 5. The summed E-state index contributed by atoms with van der Waals surface area (Å²) < 4.78 is 0. The quantitative estimate of drug-likeness (QED) is 0.648. The highest BCUT2D eigenvalue weighted by molar-refractivity contribution is 6.13. The van der Waals surface area contributed by atoms with Crippen molar-refractivity contribution in [2.75, 3.05) is 25.5 Å². The molecule has 128 valence electrons. The number of nitrogens with zero attached hydrogens (tertiary/aromatic N) is 5. The number of carbonyl (C=O) groups is 2. The Balaban J connectivity index is 1.73. The predicted molar refractivity (Wildman–Crippen MR) is 92.5 cm³/mol. The molecule has 1 saturated heterocycles. The molecular formula is C17H18N6O2. The smallest absolute Gasteiger partial charge is 0.328 e. The number of hydrogen-bond acceptors (Lipinski definition) is 6. The number of hydrogen-bond donors (Lipinski definition) is 1. The molecule has 0 unspecified atom stereocenters. The van der Waals surface area contributed by atoms with Crippen LogP contribution in [0.25, 0.3) is 6.08 Å². The van der Waals surface area contributed by atoms with E-state index in [1.54, 1.807) is 24.5 Å². The maximum atomic E-state index is 11.8. The first-order chi connectivity index (χ1) is 12.0. The van der Waals surface area contributed by atoms with Gasteiger partial charge < -0.3 is 4.90 Å². The first-order valence-electron chi connectivity index (χ1n) is 7.79. The van der Waals surface area contributed by atoms with Crippen LogP contribution in [-0.2, 0) is 11.2 Å². The first kappa shape index (κ1) is 16.6. The Kier molecular flexibility index (Phi) is 4.69. The number of amides is 3. The van der Waals surface area contributed by atoms with Gasteiger partial charge in [0.05, 0.1) is 5.69 Å². The fourth-order valence-electron chi connectivity index (χ4n) is 2.36. The Morgan fingerprint density at radius 1 is 1.20 bits per heavy atom. The second kappa shape index (κ2) is 7.08. The van der Waals surface area contributed by atoms with E-state index in [4.69, 9.17) is 0 Å². The van der Waals surface area contributed by atoms with Gasteiger partial charge in [-0.1, -0.05) is 6.07 Å². The van der Waals surface area contributed by atoms with Gasteiger partial charge in [-0.05, 0) is 24.3 Å². The van der Waals surface area contributed by atoms with Crippen molar-refractivity contribution >= 4 is 24.0 Å². The number of pyridine rings is 1. The van der Waals surface area contributed by atoms with Crippen molar-refractivity contribution in [3.8, 4) is 0 Å². The molecule has 1 N–H and O–H groups in total. The van der Waals surface area contributed by atoms with Gasteiger partial charge in [0.1, 0.15) is 5.70 Å². The van der Waals surface area contributed by atoms with Crippen molar-refractivity contribution in [1.29, 1.82) is 0 Å². The number of aromatic nitrogens is 3. The summed E-state index contributed by atoms with van der Waals surface area (Å²) in [7, 11) is 3.43. The maximum Gasteiger partial charge on any atom is 0.328 e. The van der Waals surface area contributed by atoms with E-state index in [1.165, 1.54) is 11.9 Å². The van der Waals surface area contributed by atoms with Crippen LogP contribution >= 0.6 is 0 Å². The van der Waals surface area contributed by atoms with E-state index in [9.17, 15) is 9.59 Å². The van der Waals surface area contributed by atoms with Crippen LogP contribution in [0.2, 0.25) is 0 Å². The molecule has 1 aliphatic rings. The number of likely N-dealkylation sites (N-methyl/N-ethyl adjacent to an activating group) is 2. The molecule has 0 spiro atoms. The van der Waals surface area contributed by atoms with Crippen molar-refractivity contribution in [2.24, 2.45) is 0 Å². The van der Waals surface area contributed by atoms with Crippen LogP contribution in [0.5, 0.6) is 0 Å². The molecular weight excluding hydrogens is 320 g/mol. The summed E-state index contributed by atoms with van der Waals surface area (Å²) in [6.45, 7) is 0.704. The zero-order valence-electron chi connectivity index (χ0n) is 14.0. The second-order valence-electron chi connectivity index (χ2n) is 5.62. The van der Waals surface area contributed by atoms with Crippen LogP contribution in [0.4, 0.5) is 10.7 Å². The third-order valence-corrected chi connectivity index (χ3v) is 3.84. The fraction of sp³-hybridized carbons (Fsp3) is 0.235. The van der Waals surface area contributed by atoms with Crippen LogP contribution in [-0.4, -0.2) is 52.4 Å². The van der Waals surface area contributed by atoms with E-state index >= 15 is 0 Å². The van der Waals surface area contributed by atoms with Gasteiger partial charge >= 0.3 is 6.03 Å². The summed E-state index contributed by atoms with van der Waals surface area (Å²) >= 11 is 0. The standard InChI is InChI=1S/C17H18N6O2/c1-22(10-7-12-5-3-4-8-18-12)16-19-9-6-13(20-16)11-14-15(24)21-17(25)23(14)2/h3-6,8-9,11H,7,10H2,1-2H3,(H,21,24,25). The normalized spacial score (nSPS) is 15.6. The second-order valence-corrected chi connectivity index (χ2v) is 5.62. The SMILES string of the molecule is CN1C(=O)NC(=O)C1=Cc1ccnc(N(C)CCc2ccccn2)n1. The minimum atomic E-state index is -0.446. The summed E-state index contributed by atoms with van der Waals surface area (Å²) in [6, 6.07) is 7.05. The summed E-state index contributed by atoms with van der Waals surface area (Å²) in [5.74, 6) is 0.105. The van der Waals surface area contributed by atoms with E-state index in [0.29, 0.717) is 18.2 Å². The number of carbonyl (C=O) groups excluding carboxylic acids is 2. The lowest BCUT2D eigenvalue weighted by Crippen LogP contribution is -2.24. The van der Waals surface area contributed by atoms with Crippen LogP contribution in [0, 0.1) is 0 Å². The lowest BCUT2D eigenvalue weighted by atomic mass is 10.2. The molecule has 0 saturated carbocycles. The van der Waals surface area contributed by atoms with E-state index in [2.05, 4.69) is 20.3 Å². The highest BCUT2D eigenvalue weighted by atomic mass is 16.2. The van der Waals surface area contributed by atoms with Gasteiger partial charge in [-0.3, -0.25) is 20.0 Å². The molecule has 0 radical (unpaired) electrons. The lowest BCUT2D eigenvalue weighted by Gasteiger charge is -2.17. The summed E-state index contributed by atoms with van der Waals surface area (Å²) in [6.07, 6.45) is 5.73. The molecule has 0 aromatic carbocycles. The number of nitrogens with one attached hydrogen (secondary N) is 1. The predicted octanol–water partition coefficient (Wildman–Crippen LogP) is 1.07. The number of urea groups is 1. The van der Waals surface area contributed by atoms with E-state index in [-0.39, 0.29) is 5.70 Å². The Morgan fingerprint density at radius 2 is 2.04 bits per heavy atom. The lowest BCUT2D eigenvalue weighted by molar-refractivity contribution is -0.115. The summed E-state index contributed by atoms with van der Waals surface area (Å²) in [4.78, 5) is 39.4. The highest BCUT2D eigenvalue weighted by Gasteiger charge is 2.29. The summed E-state index contributed by atoms with van der Waals surface area (Å²) in [5, 5.41) is 2.23. The molecule has 1 fully saturated rings. The molecule has 2 aromatic heterocycles. The third kappa shape index (κ3) is 3.79. The van der Waals surface area contributed by atoms with Crippen LogP contribution in [0.15, 0.2) is 42.4 Å². The fourth-order valence-corrected chi connectivity index (χ4v) is 2.36. The molecule has 8 heteroatoms. The van der Waals surface area contributed by atoms with Gasteiger partial charge in [-0.25, -0.2) is 14.8 Å². The minimum absolute atomic E-state index is 0.255. The largest absolute Gasteiger partial charge is 0.343 e. The van der Waals surface area contributed by atoms with Crippen LogP contribution in [0.3, 0.4) is 0 Å². The van der Waals surface area contributed by atoms with Crippen molar-refractivity contribution in [3.05, 3.63) is 53.7 Å². The van der Waals surface area contributed by atoms with Gasteiger partial charge in [0.15, 0.2) is 0 Å². The Bertz CT molecular complexity index is 821. The average molecular weight is 338 g/mol. The van der Waals surface area contributed by atoms with Gasteiger partial charge in [0.2, 0.25) is 5.95 Å². The first-order valence-corrected chi connectivity index (χ1v) is 7.79. The molecule has 2 aromatic rings. The summed E-state index contributed by atoms with van der Waals surface area (Å²) in [5.41, 5.74) is 1.81. The van der Waals surface area contributed by atoms with E-state index in [1.807, 2.05) is 30.1 Å². The number of imide groups is 1. The highest BCUT2D eigenvalue weighted by Crippen LogP contribution is 2.15.